The number of nitrogens with zero attached hydrogens (tertiary/aromatic N) is 3. The zero-order valence-corrected chi connectivity index (χ0v) is 13.3. The molecule has 1 aliphatic rings. The van der Waals surface area contributed by atoms with Gasteiger partial charge in [0.15, 0.2) is 5.58 Å². The molecule has 0 unspecified atom stereocenters. The molecule has 0 saturated heterocycles. The van der Waals surface area contributed by atoms with Crippen molar-refractivity contribution in [2.45, 2.75) is 32.2 Å². The molecule has 1 fully saturated rings. The third-order valence-corrected chi connectivity index (χ3v) is 4.57. The zero-order chi connectivity index (χ0) is 16.7. The van der Waals surface area contributed by atoms with Gasteiger partial charge in [-0.2, -0.15) is 5.10 Å². The second-order valence-corrected chi connectivity index (χ2v) is 6.06. The van der Waals surface area contributed by atoms with E-state index in [0.717, 1.165) is 11.3 Å². The van der Waals surface area contributed by atoms with E-state index in [1.807, 2.05) is 12.3 Å². The molecule has 1 aliphatic carbocycles. The minimum Gasteiger partial charge on any atom is -0.478 e. The van der Waals surface area contributed by atoms with E-state index in [4.69, 9.17) is 4.42 Å². The third-order valence-electron chi connectivity index (χ3n) is 4.57. The van der Waals surface area contributed by atoms with Crippen molar-refractivity contribution in [2.24, 2.45) is 0 Å². The minimum atomic E-state index is -1.01. The van der Waals surface area contributed by atoms with Crippen molar-refractivity contribution in [1.29, 1.82) is 0 Å². The Hall–Kier alpha value is -2.89. The number of carbonyl (C=O) groups is 1. The summed E-state index contributed by atoms with van der Waals surface area (Å²) in [6.07, 6.45) is 9.15. The molecule has 0 aliphatic heterocycles. The number of hydrogen-bond donors (Lipinski definition) is 1. The van der Waals surface area contributed by atoms with Crippen LogP contribution >= 0.6 is 0 Å². The Balaban J connectivity index is 1.64. The quantitative estimate of drug-likeness (QED) is 0.787. The van der Waals surface area contributed by atoms with Crippen LogP contribution in [0.3, 0.4) is 0 Å². The number of fused-ring (bicyclic) bond motifs is 1. The molecule has 0 radical (unpaired) electrons. The first kappa shape index (κ1) is 14.7. The third kappa shape index (κ3) is 2.40. The van der Waals surface area contributed by atoms with Gasteiger partial charge in [-0.05, 0) is 44.4 Å². The van der Waals surface area contributed by atoms with Crippen LogP contribution < -0.4 is 0 Å². The average molecular weight is 323 g/mol. The van der Waals surface area contributed by atoms with Gasteiger partial charge >= 0.3 is 5.97 Å². The summed E-state index contributed by atoms with van der Waals surface area (Å²) >= 11 is 0. The average Bonchev–Trinajstić information content (AvgIpc) is 3.07. The molecule has 6 heteroatoms. The Kier molecular flexibility index (Phi) is 3.45. The van der Waals surface area contributed by atoms with Crippen LogP contribution in [-0.4, -0.2) is 25.8 Å². The van der Waals surface area contributed by atoms with Gasteiger partial charge < -0.3 is 9.52 Å². The van der Waals surface area contributed by atoms with Gasteiger partial charge in [0.1, 0.15) is 5.52 Å². The molecular formula is C18H17N3O3. The second kappa shape index (κ2) is 5.63. The van der Waals surface area contributed by atoms with Crippen LogP contribution in [0.15, 0.2) is 28.8 Å². The highest BCUT2D eigenvalue weighted by Crippen LogP contribution is 2.32. The fourth-order valence-electron chi connectivity index (χ4n) is 2.97. The van der Waals surface area contributed by atoms with Gasteiger partial charge in [-0.1, -0.05) is 6.07 Å². The molecule has 0 atom stereocenters. The van der Waals surface area contributed by atoms with Crippen LogP contribution in [-0.2, 0) is 0 Å². The molecule has 0 amide bonds. The van der Waals surface area contributed by atoms with Crippen molar-refractivity contribution in [3.05, 3.63) is 47.1 Å². The minimum absolute atomic E-state index is 0.143. The highest BCUT2D eigenvalue weighted by atomic mass is 16.4. The lowest BCUT2D eigenvalue weighted by Gasteiger charge is -2.26. The first-order valence-electron chi connectivity index (χ1n) is 7.98. The van der Waals surface area contributed by atoms with Gasteiger partial charge in [0.25, 0.3) is 0 Å². The van der Waals surface area contributed by atoms with E-state index in [-0.39, 0.29) is 5.56 Å². The molecule has 3 aromatic rings. The predicted molar refractivity (Wildman–Crippen MR) is 89.7 cm³/mol. The molecule has 1 saturated carbocycles. The second-order valence-electron chi connectivity index (χ2n) is 6.06. The van der Waals surface area contributed by atoms with Crippen molar-refractivity contribution < 1.29 is 14.3 Å². The maximum absolute atomic E-state index is 11.2. The van der Waals surface area contributed by atoms with Crippen LogP contribution in [0.2, 0.25) is 0 Å². The molecule has 0 bridgehead atoms. The summed E-state index contributed by atoms with van der Waals surface area (Å²) in [5.41, 5.74) is 3.12. The molecule has 4 rings (SSSR count). The number of aromatic nitrogens is 3. The standard InChI is InChI=1S/C18H17N3O3/c1-11-12(10-19-21(11)13-4-2-5-13)8-9-16-20-17-14(18(22)23)6-3-7-15(17)24-16/h3,6-10,13H,2,4-5H2,1H3,(H,22,23)/b9-8+. The molecule has 122 valence electrons. The van der Waals surface area contributed by atoms with Crippen molar-refractivity contribution in [3.63, 3.8) is 0 Å². The summed E-state index contributed by atoms with van der Waals surface area (Å²) in [7, 11) is 0. The van der Waals surface area contributed by atoms with Gasteiger partial charge in [0, 0.05) is 17.3 Å². The van der Waals surface area contributed by atoms with Crippen molar-refractivity contribution in [3.8, 4) is 0 Å². The van der Waals surface area contributed by atoms with Crippen LogP contribution in [0.4, 0.5) is 0 Å². The van der Waals surface area contributed by atoms with E-state index < -0.39 is 5.97 Å². The van der Waals surface area contributed by atoms with Crippen molar-refractivity contribution in [2.75, 3.05) is 0 Å². The van der Waals surface area contributed by atoms with E-state index in [1.165, 1.54) is 25.3 Å². The summed E-state index contributed by atoms with van der Waals surface area (Å²) in [5.74, 6) is -0.628. The Labute approximate surface area is 138 Å². The normalized spacial score (nSPS) is 15.2. The number of benzene rings is 1. The van der Waals surface area contributed by atoms with Crippen LogP contribution in [0.5, 0.6) is 0 Å². The number of aromatic carboxylic acids is 1. The molecular weight excluding hydrogens is 306 g/mol. The van der Waals surface area contributed by atoms with Gasteiger partial charge in [-0.3, -0.25) is 4.68 Å². The maximum Gasteiger partial charge on any atom is 0.338 e. The summed E-state index contributed by atoms with van der Waals surface area (Å²) < 4.78 is 7.70. The topological polar surface area (TPSA) is 81.2 Å². The van der Waals surface area contributed by atoms with Gasteiger partial charge in [-0.15, -0.1) is 0 Å². The Bertz CT molecular complexity index is 948. The summed E-state index contributed by atoms with van der Waals surface area (Å²) in [5, 5.41) is 13.7. The fraction of sp³-hybridized carbons (Fsp3) is 0.278. The number of rotatable bonds is 4. The highest BCUT2D eigenvalue weighted by molar-refractivity contribution is 6.00. The number of hydrogen-bond acceptors (Lipinski definition) is 4. The van der Waals surface area contributed by atoms with E-state index >= 15 is 0 Å². The molecule has 24 heavy (non-hydrogen) atoms. The molecule has 2 heterocycles. The fourth-order valence-corrected chi connectivity index (χ4v) is 2.97. The Morgan fingerprint density at radius 2 is 2.21 bits per heavy atom. The SMILES string of the molecule is Cc1c(/C=C/c2nc3c(C(=O)O)cccc3o2)cnn1C1CCC1. The van der Waals surface area contributed by atoms with Crippen molar-refractivity contribution in [1.82, 2.24) is 14.8 Å². The smallest absolute Gasteiger partial charge is 0.338 e. The van der Waals surface area contributed by atoms with Crippen molar-refractivity contribution >= 4 is 29.2 Å². The molecule has 0 spiro atoms. The Morgan fingerprint density at radius 3 is 2.92 bits per heavy atom. The predicted octanol–water partition coefficient (Wildman–Crippen LogP) is 3.93. The zero-order valence-electron chi connectivity index (χ0n) is 13.3. The van der Waals surface area contributed by atoms with E-state index in [9.17, 15) is 9.90 Å². The number of para-hydroxylation sites is 1. The summed E-state index contributed by atoms with van der Waals surface area (Å²) in [6.45, 7) is 2.06. The summed E-state index contributed by atoms with van der Waals surface area (Å²) in [6, 6.07) is 5.41. The largest absolute Gasteiger partial charge is 0.478 e. The maximum atomic E-state index is 11.2. The van der Waals surface area contributed by atoms with Crippen LogP contribution in [0, 0.1) is 6.92 Å². The number of carboxylic acid groups (broad SMARTS) is 1. The van der Waals surface area contributed by atoms with E-state index in [2.05, 4.69) is 21.7 Å². The van der Waals surface area contributed by atoms with Gasteiger partial charge in [0.05, 0.1) is 17.8 Å². The van der Waals surface area contributed by atoms with E-state index in [0.29, 0.717) is 23.0 Å². The molecule has 2 aromatic heterocycles. The van der Waals surface area contributed by atoms with E-state index in [1.54, 1.807) is 18.2 Å². The number of carboxylic acids is 1. The molecule has 6 nitrogen and oxygen atoms in total. The molecule has 1 N–H and O–H groups in total. The Morgan fingerprint density at radius 1 is 1.38 bits per heavy atom. The van der Waals surface area contributed by atoms with Gasteiger partial charge in [0.2, 0.25) is 5.89 Å². The summed E-state index contributed by atoms with van der Waals surface area (Å²) in [4.78, 5) is 15.5. The molecule has 1 aromatic carbocycles. The van der Waals surface area contributed by atoms with Crippen LogP contribution in [0.1, 0.15) is 52.8 Å². The lowest BCUT2D eigenvalue weighted by molar-refractivity contribution is 0.0699. The first-order chi connectivity index (χ1) is 11.6. The van der Waals surface area contributed by atoms with Crippen LogP contribution in [0.25, 0.3) is 23.3 Å². The van der Waals surface area contributed by atoms with Gasteiger partial charge in [-0.25, -0.2) is 9.78 Å². The lowest BCUT2D eigenvalue weighted by Crippen LogP contribution is -2.19. The first-order valence-corrected chi connectivity index (χ1v) is 7.98. The number of oxazole rings is 1. The monoisotopic (exact) mass is 323 g/mol. The highest BCUT2D eigenvalue weighted by Gasteiger charge is 2.22. The lowest BCUT2D eigenvalue weighted by atomic mass is 9.93.